The smallest absolute Gasteiger partial charge is 0.309 e. The van der Waals surface area contributed by atoms with E-state index < -0.39 is 0 Å². The first kappa shape index (κ1) is 23.7. The second-order valence-electron chi connectivity index (χ2n) is 9.17. The van der Waals surface area contributed by atoms with E-state index in [9.17, 15) is 0 Å². The van der Waals surface area contributed by atoms with Gasteiger partial charge in [0.1, 0.15) is 5.82 Å². The number of nitrogens with one attached hydrogen (secondary N) is 1. The van der Waals surface area contributed by atoms with Crippen molar-refractivity contribution in [3.05, 3.63) is 85.1 Å². The average molecular weight is 508 g/mol. The van der Waals surface area contributed by atoms with Gasteiger partial charge in [-0.05, 0) is 55.6 Å². The van der Waals surface area contributed by atoms with E-state index in [1.807, 2.05) is 59.2 Å². The molecule has 0 atom stereocenters. The molecule has 9 heteroatoms. The number of hydrogen-bond acceptors (Lipinski definition) is 8. The number of anilines is 3. The molecule has 1 saturated heterocycles. The molecule has 6 rings (SSSR count). The van der Waals surface area contributed by atoms with Gasteiger partial charge in [-0.1, -0.05) is 24.3 Å². The summed E-state index contributed by atoms with van der Waals surface area (Å²) in [7, 11) is 3.78. The van der Waals surface area contributed by atoms with Crippen LogP contribution < -0.4 is 19.7 Å². The van der Waals surface area contributed by atoms with Crippen LogP contribution in [0.1, 0.15) is 0 Å². The van der Waals surface area contributed by atoms with Gasteiger partial charge in [-0.15, -0.1) is 0 Å². The average Bonchev–Trinajstić information content (AvgIpc) is 3.32. The van der Waals surface area contributed by atoms with Crippen LogP contribution in [0.15, 0.2) is 85.1 Å². The third kappa shape index (κ3) is 4.83. The Hall–Kier alpha value is -4.63. The number of hydrogen-bond donors (Lipinski definition) is 1. The summed E-state index contributed by atoms with van der Waals surface area (Å²) < 4.78 is 13.6. The SMILES string of the molecule is COc1ccccc1Oc1nc2ccccc2n1-c1ccnc(Nc2ccc(N3CCN(C)CC3)cc2)n1. The summed E-state index contributed by atoms with van der Waals surface area (Å²) in [6, 6.07) is 26.0. The number of rotatable bonds is 7. The molecule has 3 aromatic carbocycles. The highest BCUT2D eigenvalue weighted by atomic mass is 16.5. The molecule has 3 heterocycles. The zero-order valence-electron chi connectivity index (χ0n) is 21.4. The quantitative estimate of drug-likeness (QED) is 0.326. The Kier molecular flexibility index (Phi) is 6.49. The molecule has 0 spiro atoms. The molecule has 1 N–H and O–H groups in total. The summed E-state index contributed by atoms with van der Waals surface area (Å²) in [5, 5.41) is 3.34. The second kappa shape index (κ2) is 10.4. The van der Waals surface area contributed by atoms with Crippen molar-refractivity contribution < 1.29 is 9.47 Å². The van der Waals surface area contributed by atoms with Gasteiger partial charge in [0.05, 0.1) is 18.1 Å². The van der Waals surface area contributed by atoms with Gasteiger partial charge in [-0.3, -0.25) is 0 Å². The van der Waals surface area contributed by atoms with Crippen LogP contribution in [0.3, 0.4) is 0 Å². The number of fused-ring (bicyclic) bond motifs is 1. The van der Waals surface area contributed by atoms with Gasteiger partial charge < -0.3 is 24.6 Å². The minimum absolute atomic E-state index is 0.386. The summed E-state index contributed by atoms with van der Waals surface area (Å²) in [5.41, 5.74) is 3.81. The molecule has 0 radical (unpaired) electrons. The van der Waals surface area contributed by atoms with Gasteiger partial charge >= 0.3 is 6.01 Å². The van der Waals surface area contributed by atoms with Crippen molar-refractivity contribution in [2.75, 3.05) is 50.6 Å². The number of para-hydroxylation sites is 4. The summed E-state index contributed by atoms with van der Waals surface area (Å²) >= 11 is 0. The maximum Gasteiger partial charge on any atom is 0.309 e. The van der Waals surface area contributed by atoms with Crippen molar-refractivity contribution in [1.82, 2.24) is 24.4 Å². The van der Waals surface area contributed by atoms with E-state index in [1.165, 1.54) is 5.69 Å². The monoisotopic (exact) mass is 507 g/mol. The Morgan fingerprint density at radius 2 is 1.53 bits per heavy atom. The number of ether oxygens (including phenoxy) is 2. The van der Waals surface area contributed by atoms with Crippen molar-refractivity contribution in [1.29, 1.82) is 0 Å². The number of aromatic nitrogens is 4. The van der Waals surface area contributed by atoms with Gasteiger partial charge in [0, 0.05) is 49.8 Å². The topological polar surface area (TPSA) is 80.6 Å². The molecule has 5 aromatic rings. The normalized spacial score (nSPS) is 14.0. The Balaban J connectivity index is 1.29. The molecule has 1 aliphatic rings. The number of likely N-dealkylation sites (N-methyl/N-ethyl adjacent to an activating group) is 1. The number of methoxy groups -OCH3 is 1. The summed E-state index contributed by atoms with van der Waals surface area (Å²) in [4.78, 5) is 18.7. The van der Waals surface area contributed by atoms with Crippen LogP contribution in [-0.2, 0) is 0 Å². The van der Waals surface area contributed by atoms with Crippen molar-refractivity contribution in [3.63, 3.8) is 0 Å². The minimum Gasteiger partial charge on any atom is -0.493 e. The van der Waals surface area contributed by atoms with Crippen molar-refractivity contribution in [2.45, 2.75) is 0 Å². The lowest BCUT2D eigenvalue weighted by Crippen LogP contribution is -2.44. The molecular formula is C29H29N7O2. The van der Waals surface area contributed by atoms with E-state index in [0.717, 1.165) is 42.9 Å². The van der Waals surface area contributed by atoms with Crippen molar-refractivity contribution in [3.8, 4) is 23.3 Å². The van der Waals surface area contributed by atoms with E-state index in [1.54, 1.807) is 13.3 Å². The summed E-state index contributed by atoms with van der Waals surface area (Å²) in [6.45, 7) is 4.22. The minimum atomic E-state index is 0.386. The van der Waals surface area contributed by atoms with Gasteiger partial charge in [-0.2, -0.15) is 9.97 Å². The van der Waals surface area contributed by atoms with Crippen LogP contribution in [0.5, 0.6) is 17.5 Å². The molecule has 0 saturated carbocycles. The standard InChI is InChI=1S/C29H29N7O2/c1-34-17-19-35(20-18-34)22-13-11-21(12-14-22)31-28-30-16-15-27(33-28)36-24-8-4-3-7-23(24)32-29(36)38-26-10-6-5-9-25(26)37-2/h3-16H,17-20H2,1-2H3,(H,30,31,33). The van der Waals surface area contributed by atoms with Crippen LogP contribution in [-0.4, -0.2) is 64.8 Å². The first-order valence-electron chi connectivity index (χ1n) is 12.6. The van der Waals surface area contributed by atoms with Gasteiger partial charge in [0.2, 0.25) is 5.95 Å². The fraction of sp³-hybridized carbons (Fsp3) is 0.207. The van der Waals surface area contributed by atoms with Crippen LogP contribution in [0, 0.1) is 0 Å². The second-order valence-corrected chi connectivity index (χ2v) is 9.17. The molecule has 0 amide bonds. The Bertz CT molecular complexity index is 1540. The van der Waals surface area contributed by atoms with Crippen LogP contribution >= 0.6 is 0 Å². The third-order valence-electron chi connectivity index (χ3n) is 6.66. The largest absolute Gasteiger partial charge is 0.493 e. The first-order valence-corrected chi connectivity index (χ1v) is 12.6. The molecule has 38 heavy (non-hydrogen) atoms. The highest BCUT2D eigenvalue weighted by Gasteiger charge is 2.18. The van der Waals surface area contributed by atoms with Gasteiger partial charge in [0.25, 0.3) is 0 Å². The number of benzene rings is 3. The van der Waals surface area contributed by atoms with E-state index in [2.05, 4.69) is 51.4 Å². The van der Waals surface area contributed by atoms with Crippen LogP contribution in [0.4, 0.5) is 17.3 Å². The van der Waals surface area contributed by atoms with Gasteiger partial charge in [-0.25, -0.2) is 9.55 Å². The van der Waals surface area contributed by atoms with E-state index in [0.29, 0.717) is 29.3 Å². The van der Waals surface area contributed by atoms with Gasteiger partial charge in [0.15, 0.2) is 11.5 Å². The lowest BCUT2D eigenvalue weighted by atomic mass is 10.2. The summed E-state index contributed by atoms with van der Waals surface area (Å²) in [5.74, 6) is 2.31. The molecule has 1 aliphatic heterocycles. The fourth-order valence-corrected chi connectivity index (χ4v) is 4.58. The van der Waals surface area contributed by atoms with E-state index in [-0.39, 0.29) is 0 Å². The van der Waals surface area contributed by atoms with Crippen LogP contribution in [0.2, 0.25) is 0 Å². The Morgan fingerprint density at radius 3 is 2.32 bits per heavy atom. The molecule has 1 fully saturated rings. The molecule has 0 unspecified atom stereocenters. The number of nitrogens with zero attached hydrogens (tertiary/aromatic N) is 6. The predicted molar refractivity (Wildman–Crippen MR) is 149 cm³/mol. The molecular weight excluding hydrogens is 478 g/mol. The Morgan fingerprint density at radius 1 is 0.789 bits per heavy atom. The molecule has 2 aromatic heterocycles. The lowest BCUT2D eigenvalue weighted by Gasteiger charge is -2.34. The Labute approximate surface area is 221 Å². The highest BCUT2D eigenvalue weighted by molar-refractivity contribution is 5.79. The molecule has 0 bridgehead atoms. The first-order chi connectivity index (χ1) is 18.7. The summed E-state index contributed by atoms with van der Waals surface area (Å²) in [6.07, 6.45) is 1.73. The predicted octanol–water partition coefficient (Wildman–Crippen LogP) is 5.11. The maximum atomic E-state index is 6.24. The fourth-order valence-electron chi connectivity index (χ4n) is 4.58. The van der Waals surface area contributed by atoms with Crippen molar-refractivity contribution >= 4 is 28.4 Å². The lowest BCUT2D eigenvalue weighted by molar-refractivity contribution is 0.313. The molecule has 192 valence electrons. The van der Waals surface area contributed by atoms with Crippen LogP contribution in [0.25, 0.3) is 16.9 Å². The maximum absolute atomic E-state index is 6.24. The zero-order chi connectivity index (χ0) is 25.9. The number of piperazine rings is 1. The third-order valence-corrected chi connectivity index (χ3v) is 6.66. The highest BCUT2D eigenvalue weighted by Crippen LogP contribution is 2.34. The van der Waals surface area contributed by atoms with E-state index >= 15 is 0 Å². The molecule has 9 nitrogen and oxygen atoms in total. The van der Waals surface area contributed by atoms with E-state index in [4.69, 9.17) is 19.4 Å². The molecule has 0 aliphatic carbocycles. The van der Waals surface area contributed by atoms with Crippen molar-refractivity contribution in [2.24, 2.45) is 0 Å². The zero-order valence-corrected chi connectivity index (χ0v) is 21.4. The number of imidazole rings is 1.